The lowest BCUT2D eigenvalue weighted by atomic mass is 10.3. The van der Waals surface area contributed by atoms with Crippen LogP contribution in [-0.4, -0.2) is 22.1 Å². The van der Waals surface area contributed by atoms with E-state index in [1.54, 1.807) is 38.3 Å². The van der Waals surface area contributed by atoms with Crippen molar-refractivity contribution in [3.8, 4) is 0 Å². The molecule has 0 fully saturated rings. The smallest absolute Gasteiger partial charge is 0.357 e. The van der Waals surface area contributed by atoms with Crippen molar-refractivity contribution in [1.82, 2.24) is 9.55 Å². The van der Waals surface area contributed by atoms with E-state index >= 15 is 0 Å². The number of ether oxygens (including phenoxy) is 1. The Kier molecular flexibility index (Phi) is 5.48. The van der Waals surface area contributed by atoms with Crippen molar-refractivity contribution in [2.75, 3.05) is 6.61 Å². The van der Waals surface area contributed by atoms with Gasteiger partial charge in [-0.3, -0.25) is 4.57 Å². The zero-order chi connectivity index (χ0) is 14.4. The summed E-state index contributed by atoms with van der Waals surface area (Å²) in [6.07, 6.45) is 4.88. The van der Waals surface area contributed by atoms with Crippen LogP contribution < -0.4 is 0 Å². The average Bonchev–Trinajstić information content (AvgIpc) is 2.77. The molecule has 0 amide bonds. The second-order valence-corrected chi connectivity index (χ2v) is 4.04. The van der Waals surface area contributed by atoms with Crippen LogP contribution in [0.3, 0.4) is 0 Å². The zero-order valence-electron chi connectivity index (χ0n) is 11.7. The number of aryl methyl sites for hydroxylation is 1. The first-order valence-electron chi connectivity index (χ1n) is 6.25. The van der Waals surface area contributed by atoms with Gasteiger partial charge in [-0.2, -0.15) is 0 Å². The summed E-state index contributed by atoms with van der Waals surface area (Å²) < 4.78 is 19.7. The fraction of sp³-hybridized carbons (Fsp3) is 0.429. The molecule has 0 spiro atoms. The second kappa shape index (κ2) is 6.87. The van der Waals surface area contributed by atoms with Crippen molar-refractivity contribution in [1.29, 1.82) is 0 Å². The van der Waals surface area contributed by atoms with Gasteiger partial charge in [0.25, 0.3) is 0 Å². The third-order valence-corrected chi connectivity index (χ3v) is 2.64. The van der Waals surface area contributed by atoms with Crippen LogP contribution in [0.25, 0.3) is 5.70 Å². The van der Waals surface area contributed by atoms with Crippen LogP contribution in [-0.2, 0) is 4.74 Å². The highest BCUT2D eigenvalue weighted by molar-refractivity contribution is 5.90. The van der Waals surface area contributed by atoms with E-state index in [1.165, 1.54) is 12.4 Å². The molecule has 0 aliphatic rings. The molecule has 0 aromatic carbocycles. The standard InChI is InChI=1S/C14H19FN2O2/c1-5-12(15)8-7-10(3)17-9-16-11(4)13(17)14(18)19-6-2/h7-9H,5-6H2,1-4H3. The predicted octanol–water partition coefficient (Wildman–Crippen LogP) is 3.49. The van der Waals surface area contributed by atoms with Gasteiger partial charge in [-0.25, -0.2) is 14.2 Å². The number of nitrogens with zero attached hydrogens (tertiary/aromatic N) is 2. The highest BCUT2D eigenvalue weighted by Crippen LogP contribution is 2.15. The molecule has 19 heavy (non-hydrogen) atoms. The fourth-order valence-corrected chi connectivity index (χ4v) is 1.56. The summed E-state index contributed by atoms with van der Waals surface area (Å²) in [5, 5.41) is 0. The van der Waals surface area contributed by atoms with Gasteiger partial charge in [0.1, 0.15) is 0 Å². The van der Waals surface area contributed by atoms with Crippen LogP contribution in [0, 0.1) is 6.92 Å². The SMILES string of the molecule is CCOC(=O)c1c(C)ncn1C(C)=CC=C(F)CC. The molecule has 4 nitrogen and oxygen atoms in total. The van der Waals surface area contributed by atoms with Gasteiger partial charge >= 0.3 is 5.97 Å². The molecule has 0 atom stereocenters. The molecule has 104 valence electrons. The maximum Gasteiger partial charge on any atom is 0.357 e. The summed E-state index contributed by atoms with van der Waals surface area (Å²) in [5.41, 5.74) is 1.67. The number of carbonyl (C=O) groups excluding carboxylic acids is 1. The molecule has 0 bridgehead atoms. The minimum atomic E-state index is -0.426. The molecule has 0 aliphatic heterocycles. The Morgan fingerprint density at radius 2 is 2.16 bits per heavy atom. The van der Waals surface area contributed by atoms with Crippen molar-refractivity contribution in [2.45, 2.75) is 34.1 Å². The molecule has 0 aliphatic carbocycles. The summed E-state index contributed by atoms with van der Waals surface area (Å²) >= 11 is 0. The van der Waals surface area contributed by atoms with Gasteiger partial charge in [-0.05, 0) is 39.3 Å². The van der Waals surface area contributed by atoms with Crippen LogP contribution >= 0.6 is 0 Å². The highest BCUT2D eigenvalue weighted by Gasteiger charge is 2.17. The van der Waals surface area contributed by atoms with E-state index in [0.29, 0.717) is 30.1 Å². The Balaban J connectivity index is 3.11. The molecule has 1 aromatic rings. The zero-order valence-corrected chi connectivity index (χ0v) is 11.7. The van der Waals surface area contributed by atoms with E-state index in [4.69, 9.17) is 4.74 Å². The maximum atomic E-state index is 13.1. The van der Waals surface area contributed by atoms with Crippen LogP contribution in [0.4, 0.5) is 4.39 Å². The van der Waals surface area contributed by atoms with Crippen molar-refractivity contribution < 1.29 is 13.9 Å². The van der Waals surface area contributed by atoms with Gasteiger partial charge in [0.05, 0.1) is 24.5 Å². The van der Waals surface area contributed by atoms with E-state index in [1.807, 2.05) is 0 Å². The molecule has 1 aromatic heterocycles. The molecular formula is C14H19FN2O2. The molecule has 0 N–H and O–H groups in total. The average molecular weight is 266 g/mol. The molecular weight excluding hydrogens is 247 g/mol. The first-order chi connectivity index (χ1) is 9.01. The Bertz CT molecular complexity index is 516. The van der Waals surface area contributed by atoms with Crippen molar-refractivity contribution in [2.24, 2.45) is 0 Å². The third kappa shape index (κ3) is 3.77. The predicted molar refractivity (Wildman–Crippen MR) is 72.3 cm³/mol. The summed E-state index contributed by atoms with van der Waals surface area (Å²) in [4.78, 5) is 15.9. The van der Waals surface area contributed by atoms with E-state index in [-0.39, 0.29) is 5.83 Å². The number of allylic oxidation sites excluding steroid dienone is 4. The highest BCUT2D eigenvalue weighted by atomic mass is 19.1. The van der Waals surface area contributed by atoms with Gasteiger partial charge < -0.3 is 4.74 Å². The van der Waals surface area contributed by atoms with E-state index in [2.05, 4.69) is 4.98 Å². The van der Waals surface area contributed by atoms with Gasteiger partial charge in [0.2, 0.25) is 0 Å². The van der Waals surface area contributed by atoms with Gasteiger partial charge in [0, 0.05) is 5.70 Å². The molecule has 0 radical (unpaired) electrons. The van der Waals surface area contributed by atoms with Crippen LogP contribution in [0.2, 0.25) is 0 Å². The molecule has 0 saturated carbocycles. The summed E-state index contributed by atoms with van der Waals surface area (Å²) in [6, 6.07) is 0. The summed E-state index contributed by atoms with van der Waals surface area (Å²) in [7, 11) is 0. The van der Waals surface area contributed by atoms with E-state index in [0.717, 1.165) is 0 Å². The summed E-state index contributed by atoms with van der Waals surface area (Å²) in [6.45, 7) is 7.30. The molecule has 0 saturated heterocycles. The molecule has 1 heterocycles. The number of imidazole rings is 1. The minimum absolute atomic E-state index is 0.214. The lowest BCUT2D eigenvalue weighted by molar-refractivity contribution is 0.0516. The summed E-state index contributed by atoms with van der Waals surface area (Å²) in [5.74, 6) is -0.640. The van der Waals surface area contributed by atoms with Crippen LogP contribution in [0.15, 0.2) is 24.3 Å². The lowest BCUT2D eigenvalue weighted by Gasteiger charge is -2.08. The third-order valence-electron chi connectivity index (χ3n) is 2.64. The number of carbonyl (C=O) groups is 1. The largest absolute Gasteiger partial charge is 0.461 e. The Hall–Kier alpha value is -1.91. The Labute approximate surface area is 112 Å². The molecule has 5 heteroatoms. The number of esters is 1. The number of aromatic nitrogens is 2. The van der Waals surface area contributed by atoms with Gasteiger partial charge in [-0.1, -0.05) is 6.92 Å². The number of hydrogen-bond donors (Lipinski definition) is 0. The quantitative estimate of drug-likeness (QED) is 0.605. The topological polar surface area (TPSA) is 44.1 Å². The number of halogens is 1. The van der Waals surface area contributed by atoms with Gasteiger partial charge in [0.15, 0.2) is 5.69 Å². The first-order valence-corrected chi connectivity index (χ1v) is 6.25. The Morgan fingerprint density at radius 1 is 1.47 bits per heavy atom. The Morgan fingerprint density at radius 3 is 2.74 bits per heavy atom. The minimum Gasteiger partial charge on any atom is -0.461 e. The van der Waals surface area contributed by atoms with E-state index < -0.39 is 5.97 Å². The van der Waals surface area contributed by atoms with Crippen molar-refractivity contribution >= 4 is 11.7 Å². The van der Waals surface area contributed by atoms with Crippen LogP contribution in [0.1, 0.15) is 43.4 Å². The van der Waals surface area contributed by atoms with Gasteiger partial charge in [-0.15, -0.1) is 0 Å². The van der Waals surface area contributed by atoms with E-state index in [9.17, 15) is 9.18 Å². The maximum absolute atomic E-state index is 13.1. The second-order valence-electron chi connectivity index (χ2n) is 4.04. The monoisotopic (exact) mass is 266 g/mol. The van der Waals surface area contributed by atoms with Crippen molar-refractivity contribution in [3.63, 3.8) is 0 Å². The normalized spacial score (nSPS) is 12.7. The lowest BCUT2D eigenvalue weighted by Crippen LogP contribution is -2.12. The van der Waals surface area contributed by atoms with Crippen LogP contribution in [0.5, 0.6) is 0 Å². The first kappa shape index (κ1) is 15.1. The fourth-order valence-electron chi connectivity index (χ4n) is 1.56. The molecule has 0 unspecified atom stereocenters. The number of hydrogen-bond acceptors (Lipinski definition) is 3. The van der Waals surface area contributed by atoms with Crippen molar-refractivity contribution in [3.05, 3.63) is 35.7 Å². The molecule has 1 rings (SSSR count). The number of rotatable bonds is 5.